The third kappa shape index (κ3) is 3.72. The summed E-state index contributed by atoms with van der Waals surface area (Å²) < 4.78 is 5.86. The second kappa shape index (κ2) is 5.99. The molecular formula is C13H26N2O. The Labute approximate surface area is 99.3 Å². The van der Waals surface area contributed by atoms with Crippen molar-refractivity contribution in [3.63, 3.8) is 0 Å². The Balaban J connectivity index is 1.53. The van der Waals surface area contributed by atoms with E-state index in [4.69, 9.17) is 4.74 Å². The topological polar surface area (TPSA) is 33.3 Å². The first-order valence-corrected chi connectivity index (χ1v) is 6.87. The molecule has 2 fully saturated rings. The van der Waals surface area contributed by atoms with Gasteiger partial charge in [-0.1, -0.05) is 25.7 Å². The fourth-order valence-corrected chi connectivity index (χ4v) is 2.62. The van der Waals surface area contributed by atoms with Gasteiger partial charge in [0.15, 0.2) is 0 Å². The van der Waals surface area contributed by atoms with E-state index in [-0.39, 0.29) is 5.60 Å². The molecule has 0 atom stereocenters. The summed E-state index contributed by atoms with van der Waals surface area (Å²) in [6.07, 6.45) is 8.38. The van der Waals surface area contributed by atoms with Gasteiger partial charge in [-0.2, -0.15) is 0 Å². The number of nitrogens with one attached hydrogen (secondary N) is 2. The van der Waals surface area contributed by atoms with Gasteiger partial charge in [0.2, 0.25) is 0 Å². The van der Waals surface area contributed by atoms with Crippen molar-refractivity contribution in [2.45, 2.75) is 57.1 Å². The van der Waals surface area contributed by atoms with E-state index >= 15 is 0 Å². The van der Waals surface area contributed by atoms with Crippen LogP contribution in [0.1, 0.15) is 45.4 Å². The van der Waals surface area contributed by atoms with Crippen molar-refractivity contribution >= 4 is 0 Å². The molecule has 2 aliphatic rings. The van der Waals surface area contributed by atoms with Crippen LogP contribution < -0.4 is 10.6 Å². The summed E-state index contributed by atoms with van der Waals surface area (Å²) in [7, 11) is 0. The zero-order valence-corrected chi connectivity index (χ0v) is 10.6. The number of ether oxygens (including phenoxy) is 1. The van der Waals surface area contributed by atoms with Crippen molar-refractivity contribution in [1.82, 2.24) is 10.6 Å². The Morgan fingerprint density at radius 2 is 1.88 bits per heavy atom. The highest BCUT2D eigenvalue weighted by molar-refractivity contribution is 4.90. The van der Waals surface area contributed by atoms with Gasteiger partial charge in [-0.05, 0) is 19.8 Å². The molecular weight excluding hydrogens is 200 g/mol. The summed E-state index contributed by atoms with van der Waals surface area (Å²) in [6, 6.07) is 0.749. The van der Waals surface area contributed by atoms with Crippen molar-refractivity contribution in [3.05, 3.63) is 0 Å². The average molecular weight is 226 g/mol. The van der Waals surface area contributed by atoms with Gasteiger partial charge in [0.05, 0.1) is 12.2 Å². The van der Waals surface area contributed by atoms with Crippen LogP contribution in [0.5, 0.6) is 0 Å². The standard InChI is InChI=1S/C13H26N2O/c1-13(10-14-11-13)16-9-8-15-12-6-4-2-3-5-7-12/h12,14-15H,2-11H2,1H3. The Bertz CT molecular complexity index is 196. The largest absolute Gasteiger partial charge is 0.371 e. The van der Waals surface area contributed by atoms with E-state index in [1.807, 2.05) is 0 Å². The van der Waals surface area contributed by atoms with Crippen LogP contribution in [0.4, 0.5) is 0 Å². The smallest absolute Gasteiger partial charge is 0.0902 e. The molecule has 0 aromatic carbocycles. The highest BCUT2D eigenvalue weighted by Gasteiger charge is 2.32. The molecule has 0 spiro atoms. The average Bonchev–Trinajstić information content (AvgIpc) is 2.50. The highest BCUT2D eigenvalue weighted by atomic mass is 16.5. The fourth-order valence-electron chi connectivity index (χ4n) is 2.62. The van der Waals surface area contributed by atoms with Crippen LogP contribution in [0.15, 0.2) is 0 Å². The monoisotopic (exact) mass is 226 g/mol. The van der Waals surface area contributed by atoms with Gasteiger partial charge in [0.25, 0.3) is 0 Å². The number of hydrogen-bond acceptors (Lipinski definition) is 3. The van der Waals surface area contributed by atoms with E-state index in [9.17, 15) is 0 Å². The molecule has 1 aliphatic heterocycles. The molecule has 0 bridgehead atoms. The van der Waals surface area contributed by atoms with E-state index < -0.39 is 0 Å². The Morgan fingerprint density at radius 3 is 2.44 bits per heavy atom. The van der Waals surface area contributed by atoms with E-state index in [0.29, 0.717) is 0 Å². The zero-order valence-electron chi connectivity index (χ0n) is 10.6. The molecule has 2 N–H and O–H groups in total. The summed E-state index contributed by atoms with van der Waals surface area (Å²) in [5.74, 6) is 0. The first-order valence-electron chi connectivity index (χ1n) is 6.87. The summed E-state index contributed by atoms with van der Waals surface area (Å²) in [4.78, 5) is 0. The minimum Gasteiger partial charge on any atom is -0.371 e. The molecule has 0 unspecified atom stereocenters. The molecule has 0 aromatic rings. The van der Waals surface area contributed by atoms with Crippen LogP contribution in [0.2, 0.25) is 0 Å². The van der Waals surface area contributed by atoms with Crippen molar-refractivity contribution in [2.75, 3.05) is 26.2 Å². The summed E-state index contributed by atoms with van der Waals surface area (Å²) in [6.45, 7) is 6.08. The predicted octanol–water partition coefficient (Wildman–Crippen LogP) is 1.68. The van der Waals surface area contributed by atoms with Gasteiger partial charge >= 0.3 is 0 Å². The molecule has 1 saturated heterocycles. The molecule has 1 saturated carbocycles. The van der Waals surface area contributed by atoms with Gasteiger partial charge in [0, 0.05) is 25.7 Å². The van der Waals surface area contributed by atoms with E-state index in [0.717, 1.165) is 32.3 Å². The lowest BCUT2D eigenvalue weighted by Crippen LogP contribution is -2.59. The van der Waals surface area contributed by atoms with Crippen LogP contribution in [-0.4, -0.2) is 37.9 Å². The quantitative estimate of drug-likeness (QED) is 0.553. The Hall–Kier alpha value is -0.120. The second-order valence-electron chi connectivity index (χ2n) is 5.54. The molecule has 16 heavy (non-hydrogen) atoms. The van der Waals surface area contributed by atoms with Crippen LogP contribution >= 0.6 is 0 Å². The second-order valence-corrected chi connectivity index (χ2v) is 5.54. The van der Waals surface area contributed by atoms with Crippen LogP contribution in [0.3, 0.4) is 0 Å². The van der Waals surface area contributed by atoms with Crippen LogP contribution in [0.25, 0.3) is 0 Å². The maximum atomic E-state index is 5.86. The zero-order chi connectivity index (χ0) is 11.3. The molecule has 1 heterocycles. The molecule has 0 radical (unpaired) electrons. The van der Waals surface area contributed by atoms with Gasteiger partial charge in [-0.3, -0.25) is 0 Å². The van der Waals surface area contributed by atoms with Gasteiger partial charge in [-0.15, -0.1) is 0 Å². The number of hydrogen-bond donors (Lipinski definition) is 2. The molecule has 94 valence electrons. The Morgan fingerprint density at radius 1 is 1.19 bits per heavy atom. The maximum absolute atomic E-state index is 5.86. The lowest BCUT2D eigenvalue weighted by Gasteiger charge is -2.39. The minimum atomic E-state index is 0.116. The van der Waals surface area contributed by atoms with Crippen molar-refractivity contribution < 1.29 is 4.74 Å². The summed E-state index contributed by atoms with van der Waals surface area (Å²) in [5.41, 5.74) is 0.116. The summed E-state index contributed by atoms with van der Waals surface area (Å²) in [5, 5.41) is 6.89. The molecule has 2 rings (SSSR count). The third-order valence-corrected chi connectivity index (χ3v) is 3.84. The van der Waals surface area contributed by atoms with E-state index in [2.05, 4.69) is 17.6 Å². The lowest BCUT2D eigenvalue weighted by molar-refractivity contribution is -0.0653. The van der Waals surface area contributed by atoms with E-state index in [1.165, 1.54) is 38.5 Å². The lowest BCUT2D eigenvalue weighted by atomic mass is 10.0. The molecule has 3 heteroatoms. The van der Waals surface area contributed by atoms with Crippen LogP contribution in [0, 0.1) is 0 Å². The van der Waals surface area contributed by atoms with Gasteiger partial charge in [-0.25, -0.2) is 0 Å². The predicted molar refractivity (Wildman–Crippen MR) is 66.7 cm³/mol. The molecule has 3 nitrogen and oxygen atoms in total. The SMILES string of the molecule is CC1(OCCNC2CCCCCC2)CNC1. The maximum Gasteiger partial charge on any atom is 0.0902 e. The first kappa shape index (κ1) is 12.3. The molecule has 0 aromatic heterocycles. The molecule has 0 amide bonds. The van der Waals surface area contributed by atoms with Crippen LogP contribution in [-0.2, 0) is 4.74 Å². The van der Waals surface area contributed by atoms with Gasteiger partial charge < -0.3 is 15.4 Å². The number of rotatable bonds is 5. The van der Waals surface area contributed by atoms with Crippen molar-refractivity contribution in [3.8, 4) is 0 Å². The Kier molecular flexibility index (Phi) is 4.62. The first-order chi connectivity index (χ1) is 7.79. The molecule has 1 aliphatic carbocycles. The fraction of sp³-hybridized carbons (Fsp3) is 1.00. The highest BCUT2D eigenvalue weighted by Crippen LogP contribution is 2.17. The van der Waals surface area contributed by atoms with Crippen molar-refractivity contribution in [2.24, 2.45) is 0 Å². The summed E-state index contributed by atoms with van der Waals surface area (Å²) >= 11 is 0. The van der Waals surface area contributed by atoms with Crippen molar-refractivity contribution in [1.29, 1.82) is 0 Å². The van der Waals surface area contributed by atoms with E-state index in [1.54, 1.807) is 0 Å². The third-order valence-electron chi connectivity index (χ3n) is 3.84. The normalized spacial score (nSPS) is 26.1. The van der Waals surface area contributed by atoms with Gasteiger partial charge in [0.1, 0.15) is 0 Å². The minimum absolute atomic E-state index is 0.116.